The number of carbonyl (C=O) groups excluding carboxylic acids is 2. The number of aryl methyl sites for hydroxylation is 1. The zero-order valence-electron chi connectivity index (χ0n) is 12.5. The number of carbonyl (C=O) groups is 2. The van der Waals surface area contributed by atoms with Gasteiger partial charge in [-0.25, -0.2) is 8.78 Å². The summed E-state index contributed by atoms with van der Waals surface area (Å²) < 4.78 is 26.3. The van der Waals surface area contributed by atoms with Crippen LogP contribution in [0, 0.1) is 11.6 Å². The summed E-state index contributed by atoms with van der Waals surface area (Å²) >= 11 is 0. The Morgan fingerprint density at radius 1 is 1.00 bits per heavy atom. The first-order valence-electron chi connectivity index (χ1n) is 7.05. The summed E-state index contributed by atoms with van der Waals surface area (Å²) in [5, 5.41) is 4.98. The molecule has 2 aromatic carbocycles. The van der Waals surface area contributed by atoms with E-state index in [-0.39, 0.29) is 23.8 Å². The molecule has 23 heavy (non-hydrogen) atoms. The number of hydrogen-bond donors (Lipinski definition) is 2. The topological polar surface area (TPSA) is 58.2 Å². The fourth-order valence-electron chi connectivity index (χ4n) is 2.02. The van der Waals surface area contributed by atoms with E-state index < -0.39 is 11.7 Å². The molecule has 2 N–H and O–H groups in total. The van der Waals surface area contributed by atoms with Gasteiger partial charge in [0.1, 0.15) is 11.6 Å². The van der Waals surface area contributed by atoms with Crippen LogP contribution in [-0.2, 0) is 16.0 Å². The van der Waals surface area contributed by atoms with E-state index in [9.17, 15) is 18.4 Å². The smallest absolute Gasteiger partial charge is 0.224 e. The largest absolute Gasteiger partial charge is 0.326 e. The highest BCUT2D eigenvalue weighted by atomic mass is 19.1. The molecular formula is C17H16F2N2O2. The van der Waals surface area contributed by atoms with Crippen molar-refractivity contribution in [2.45, 2.75) is 19.8 Å². The number of hydrogen-bond acceptors (Lipinski definition) is 2. The monoisotopic (exact) mass is 318 g/mol. The lowest BCUT2D eigenvalue weighted by Gasteiger charge is -2.09. The zero-order valence-corrected chi connectivity index (χ0v) is 12.5. The molecule has 0 aliphatic heterocycles. The molecule has 120 valence electrons. The first-order chi connectivity index (χ1) is 10.9. The summed E-state index contributed by atoms with van der Waals surface area (Å²) in [4.78, 5) is 22.9. The van der Waals surface area contributed by atoms with Crippen molar-refractivity contribution in [1.29, 1.82) is 0 Å². The van der Waals surface area contributed by atoms with Crippen LogP contribution in [0.5, 0.6) is 0 Å². The van der Waals surface area contributed by atoms with Gasteiger partial charge in [-0.1, -0.05) is 12.1 Å². The summed E-state index contributed by atoms with van der Waals surface area (Å²) in [6.45, 7) is 1.27. The van der Waals surface area contributed by atoms with E-state index >= 15 is 0 Å². The Kier molecular flexibility index (Phi) is 5.41. The molecule has 2 rings (SSSR count). The Morgan fingerprint density at radius 3 is 2.35 bits per heavy atom. The molecule has 0 saturated carbocycles. The predicted octanol–water partition coefficient (Wildman–Crippen LogP) is 3.49. The molecule has 6 heteroatoms. The van der Waals surface area contributed by atoms with Crippen LogP contribution in [0.15, 0.2) is 42.5 Å². The van der Waals surface area contributed by atoms with Crippen molar-refractivity contribution >= 4 is 23.2 Å². The second-order valence-electron chi connectivity index (χ2n) is 5.05. The van der Waals surface area contributed by atoms with Crippen LogP contribution in [0.25, 0.3) is 0 Å². The number of anilines is 2. The summed E-state index contributed by atoms with van der Waals surface area (Å²) in [6, 6.07) is 9.86. The summed E-state index contributed by atoms with van der Waals surface area (Å²) in [7, 11) is 0. The van der Waals surface area contributed by atoms with Gasteiger partial charge in [-0.3, -0.25) is 9.59 Å². The third-order valence-electron chi connectivity index (χ3n) is 3.11. The Hall–Kier alpha value is -2.76. The molecule has 2 aromatic rings. The minimum Gasteiger partial charge on any atom is -0.326 e. The minimum absolute atomic E-state index is 0.00818. The van der Waals surface area contributed by atoms with E-state index in [1.54, 1.807) is 12.1 Å². The fraction of sp³-hybridized carbons (Fsp3) is 0.176. The van der Waals surface area contributed by atoms with E-state index in [0.29, 0.717) is 12.1 Å². The SMILES string of the molecule is CC(=O)Nc1cc(NC(=O)CCc2ccc(F)cc2)ccc1F. The van der Waals surface area contributed by atoms with Crippen molar-refractivity contribution in [3.8, 4) is 0 Å². The molecule has 2 amide bonds. The van der Waals surface area contributed by atoms with Crippen LogP contribution < -0.4 is 10.6 Å². The number of rotatable bonds is 5. The molecule has 0 aromatic heterocycles. The van der Waals surface area contributed by atoms with Gasteiger partial charge < -0.3 is 10.6 Å². The summed E-state index contributed by atoms with van der Waals surface area (Å²) in [6.07, 6.45) is 0.671. The van der Waals surface area contributed by atoms with Gasteiger partial charge in [-0.15, -0.1) is 0 Å². The first kappa shape index (κ1) is 16.6. The van der Waals surface area contributed by atoms with Crippen LogP contribution in [0.1, 0.15) is 18.9 Å². The van der Waals surface area contributed by atoms with Crippen LogP contribution in [0.3, 0.4) is 0 Å². The number of nitrogens with one attached hydrogen (secondary N) is 2. The molecule has 0 saturated heterocycles. The van der Waals surface area contributed by atoms with Gasteiger partial charge in [0.25, 0.3) is 0 Å². The molecule has 0 radical (unpaired) electrons. The van der Waals surface area contributed by atoms with Gasteiger partial charge in [0.05, 0.1) is 5.69 Å². The molecule has 0 spiro atoms. The third-order valence-corrected chi connectivity index (χ3v) is 3.11. The van der Waals surface area contributed by atoms with E-state index in [0.717, 1.165) is 5.56 Å². The highest BCUT2D eigenvalue weighted by molar-refractivity contribution is 5.93. The molecule has 0 aliphatic carbocycles. The van der Waals surface area contributed by atoms with Crippen molar-refractivity contribution in [2.75, 3.05) is 10.6 Å². The van der Waals surface area contributed by atoms with Crippen LogP contribution >= 0.6 is 0 Å². The summed E-state index contributed by atoms with van der Waals surface area (Å²) in [5.74, 6) is -1.56. The van der Waals surface area contributed by atoms with Crippen LogP contribution in [-0.4, -0.2) is 11.8 Å². The van der Waals surface area contributed by atoms with Gasteiger partial charge in [0.2, 0.25) is 11.8 Å². The quantitative estimate of drug-likeness (QED) is 0.886. The van der Waals surface area contributed by atoms with E-state index in [1.165, 1.54) is 37.3 Å². The van der Waals surface area contributed by atoms with Crippen LogP contribution in [0.2, 0.25) is 0 Å². The van der Waals surface area contributed by atoms with E-state index in [2.05, 4.69) is 10.6 Å². The van der Waals surface area contributed by atoms with Crippen molar-refractivity contribution in [1.82, 2.24) is 0 Å². The Bertz CT molecular complexity index is 715. The fourth-order valence-corrected chi connectivity index (χ4v) is 2.02. The molecule has 4 nitrogen and oxygen atoms in total. The average molecular weight is 318 g/mol. The average Bonchev–Trinajstić information content (AvgIpc) is 2.49. The van der Waals surface area contributed by atoms with E-state index in [1.807, 2.05) is 0 Å². The molecule has 0 atom stereocenters. The molecular weight excluding hydrogens is 302 g/mol. The maximum absolute atomic E-state index is 13.5. The van der Waals surface area contributed by atoms with E-state index in [4.69, 9.17) is 0 Å². The lowest BCUT2D eigenvalue weighted by atomic mass is 10.1. The maximum atomic E-state index is 13.5. The highest BCUT2D eigenvalue weighted by Gasteiger charge is 2.08. The highest BCUT2D eigenvalue weighted by Crippen LogP contribution is 2.20. The number of benzene rings is 2. The second kappa shape index (κ2) is 7.49. The van der Waals surface area contributed by atoms with Crippen LogP contribution in [0.4, 0.5) is 20.2 Å². The third kappa shape index (κ3) is 5.18. The standard InChI is InChI=1S/C17H16F2N2O2/c1-11(22)20-16-10-14(7-8-15(16)19)21-17(23)9-4-12-2-5-13(18)6-3-12/h2-3,5-8,10H,4,9H2,1H3,(H,20,22)(H,21,23). The molecule has 0 heterocycles. The molecule has 0 aliphatic rings. The Morgan fingerprint density at radius 2 is 1.70 bits per heavy atom. The van der Waals surface area contributed by atoms with Gasteiger partial charge in [-0.05, 0) is 42.3 Å². The Balaban J connectivity index is 1.94. The second-order valence-corrected chi connectivity index (χ2v) is 5.05. The minimum atomic E-state index is -0.579. The predicted molar refractivity (Wildman–Crippen MR) is 84.1 cm³/mol. The molecule has 0 fully saturated rings. The van der Waals surface area contributed by atoms with Gasteiger partial charge in [-0.2, -0.15) is 0 Å². The summed E-state index contributed by atoms with van der Waals surface area (Å²) in [5.41, 5.74) is 1.24. The van der Waals surface area contributed by atoms with Crippen molar-refractivity contribution in [2.24, 2.45) is 0 Å². The van der Waals surface area contributed by atoms with Crippen molar-refractivity contribution in [3.05, 3.63) is 59.7 Å². The van der Waals surface area contributed by atoms with Gasteiger partial charge in [0, 0.05) is 19.0 Å². The van der Waals surface area contributed by atoms with Crippen molar-refractivity contribution < 1.29 is 18.4 Å². The molecule has 0 unspecified atom stereocenters. The normalized spacial score (nSPS) is 10.2. The number of halogens is 2. The van der Waals surface area contributed by atoms with Gasteiger partial charge >= 0.3 is 0 Å². The maximum Gasteiger partial charge on any atom is 0.224 e. The number of amides is 2. The lowest BCUT2D eigenvalue weighted by Crippen LogP contribution is -2.13. The molecule has 0 bridgehead atoms. The Labute approximate surface area is 132 Å². The lowest BCUT2D eigenvalue weighted by molar-refractivity contribution is -0.116. The van der Waals surface area contributed by atoms with Gasteiger partial charge in [0.15, 0.2) is 0 Å². The van der Waals surface area contributed by atoms with Crippen molar-refractivity contribution in [3.63, 3.8) is 0 Å². The first-order valence-corrected chi connectivity index (χ1v) is 7.05. The zero-order chi connectivity index (χ0) is 16.8.